The maximum absolute atomic E-state index is 11.5. The Labute approximate surface area is 82.2 Å². The van der Waals surface area contributed by atoms with Gasteiger partial charge in [-0.1, -0.05) is 13.8 Å². The van der Waals surface area contributed by atoms with Crippen LogP contribution in [0.25, 0.3) is 0 Å². The number of hydrogen-bond acceptors (Lipinski definition) is 4. The molecule has 3 nitrogen and oxygen atoms in total. The molecule has 0 amide bonds. The SMILES string of the molecule is COC(=O)[C@@H]1C(=O)C[C@H](C)S[C@@H]1C. The standard InChI is InChI=1S/C9H14O3S/c1-5-4-7(10)8(6(2)13-5)9(11)12-3/h5-6,8H,4H2,1-3H3/t5-,6+,8-/m0/s1. The largest absolute Gasteiger partial charge is 0.468 e. The first-order chi connectivity index (χ1) is 6.06. The van der Waals surface area contributed by atoms with Gasteiger partial charge in [-0.05, 0) is 0 Å². The van der Waals surface area contributed by atoms with Gasteiger partial charge in [0.1, 0.15) is 11.7 Å². The van der Waals surface area contributed by atoms with Gasteiger partial charge in [0.15, 0.2) is 0 Å². The van der Waals surface area contributed by atoms with Crippen molar-refractivity contribution in [3.05, 3.63) is 0 Å². The van der Waals surface area contributed by atoms with E-state index in [0.717, 1.165) is 0 Å². The summed E-state index contributed by atoms with van der Waals surface area (Å²) in [6, 6.07) is 0. The molecule has 74 valence electrons. The summed E-state index contributed by atoms with van der Waals surface area (Å²) in [5.74, 6) is -0.922. The van der Waals surface area contributed by atoms with Crippen LogP contribution in [0, 0.1) is 5.92 Å². The highest BCUT2D eigenvalue weighted by molar-refractivity contribution is 8.00. The predicted octanol–water partition coefficient (Wildman–Crippen LogP) is 1.26. The van der Waals surface area contributed by atoms with Crippen molar-refractivity contribution in [1.29, 1.82) is 0 Å². The third-order valence-electron chi connectivity index (χ3n) is 2.21. The van der Waals surface area contributed by atoms with Crippen LogP contribution in [-0.4, -0.2) is 29.4 Å². The summed E-state index contributed by atoms with van der Waals surface area (Å²) in [6.07, 6.45) is 0.481. The lowest BCUT2D eigenvalue weighted by Gasteiger charge is -2.28. The molecule has 0 saturated carbocycles. The summed E-state index contributed by atoms with van der Waals surface area (Å²) in [5, 5.41) is 0.368. The van der Waals surface area contributed by atoms with Gasteiger partial charge < -0.3 is 4.74 Å². The average molecular weight is 202 g/mol. The first kappa shape index (κ1) is 10.6. The molecule has 0 spiro atoms. The van der Waals surface area contributed by atoms with Crippen LogP contribution < -0.4 is 0 Å². The molecule has 0 aromatic heterocycles. The summed E-state index contributed by atoms with van der Waals surface area (Å²) in [7, 11) is 1.32. The van der Waals surface area contributed by atoms with Crippen molar-refractivity contribution >= 4 is 23.5 Å². The van der Waals surface area contributed by atoms with E-state index in [1.165, 1.54) is 7.11 Å². The van der Waals surface area contributed by atoms with Crippen molar-refractivity contribution < 1.29 is 14.3 Å². The molecular formula is C9H14O3S. The van der Waals surface area contributed by atoms with Crippen molar-refractivity contribution in [3.8, 4) is 0 Å². The van der Waals surface area contributed by atoms with E-state index in [-0.39, 0.29) is 11.0 Å². The van der Waals surface area contributed by atoms with Gasteiger partial charge in [-0.2, -0.15) is 11.8 Å². The van der Waals surface area contributed by atoms with Gasteiger partial charge >= 0.3 is 5.97 Å². The molecule has 3 atom stereocenters. The molecule has 0 radical (unpaired) electrons. The average Bonchev–Trinajstić information content (AvgIpc) is 2.02. The fourth-order valence-corrected chi connectivity index (χ4v) is 3.03. The van der Waals surface area contributed by atoms with Gasteiger partial charge in [0.05, 0.1) is 7.11 Å². The monoisotopic (exact) mass is 202 g/mol. The molecule has 0 aromatic carbocycles. The quantitative estimate of drug-likeness (QED) is 0.474. The molecule has 1 heterocycles. The summed E-state index contributed by atoms with van der Waals surface area (Å²) >= 11 is 1.68. The van der Waals surface area contributed by atoms with Crippen LogP contribution in [0.5, 0.6) is 0 Å². The molecular weight excluding hydrogens is 188 g/mol. The molecule has 1 aliphatic rings. The van der Waals surface area contributed by atoms with E-state index < -0.39 is 11.9 Å². The summed E-state index contributed by atoms with van der Waals surface area (Å²) in [5.41, 5.74) is 0. The number of methoxy groups -OCH3 is 1. The second-order valence-corrected chi connectivity index (χ2v) is 5.14. The van der Waals surface area contributed by atoms with Crippen LogP contribution in [0.2, 0.25) is 0 Å². The third-order valence-corrected chi connectivity index (χ3v) is 3.54. The molecule has 1 rings (SSSR count). The highest BCUT2D eigenvalue weighted by atomic mass is 32.2. The lowest BCUT2D eigenvalue weighted by Crippen LogP contribution is -2.38. The van der Waals surface area contributed by atoms with Crippen LogP contribution >= 0.6 is 11.8 Å². The number of carbonyl (C=O) groups excluding carboxylic acids is 2. The number of carbonyl (C=O) groups is 2. The van der Waals surface area contributed by atoms with Crippen LogP contribution in [-0.2, 0) is 14.3 Å². The van der Waals surface area contributed by atoms with E-state index in [2.05, 4.69) is 4.74 Å². The molecule has 13 heavy (non-hydrogen) atoms. The number of rotatable bonds is 1. The summed E-state index contributed by atoms with van der Waals surface area (Å²) < 4.78 is 4.59. The molecule has 1 saturated heterocycles. The normalized spacial score (nSPS) is 34.4. The van der Waals surface area contributed by atoms with Crippen molar-refractivity contribution in [2.45, 2.75) is 30.8 Å². The smallest absolute Gasteiger partial charge is 0.317 e. The molecule has 0 N–H and O–H groups in total. The zero-order valence-electron chi connectivity index (χ0n) is 8.07. The zero-order valence-corrected chi connectivity index (χ0v) is 8.89. The predicted molar refractivity (Wildman–Crippen MR) is 51.6 cm³/mol. The van der Waals surface area contributed by atoms with E-state index in [0.29, 0.717) is 11.7 Å². The summed E-state index contributed by atoms with van der Waals surface area (Å²) in [4.78, 5) is 22.7. The first-order valence-electron chi connectivity index (χ1n) is 4.32. The fourth-order valence-electron chi connectivity index (χ4n) is 1.62. The molecule has 1 aliphatic heterocycles. The lowest BCUT2D eigenvalue weighted by molar-refractivity contribution is -0.149. The molecule has 0 aliphatic carbocycles. The van der Waals surface area contributed by atoms with E-state index in [4.69, 9.17) is 0 Å². The molecule has 0 bridgehead atoms. The Morgan fingerprint density at radius 1 is 1.54 bits per heavy atom. The number of esters is 1. The fraction of sp³-hybridized carbons (Fsp3) is 0.778. The van der Waals surface area contributed by atoms with Crippen molar-refractivity contribution in [3.63, 3.8) is 0 Å². The highest BCUT2D eigenvalue weighted by Gasteiger charge is 2.38. The Kier molecular flexibility index (Phi) is 3.36. The first-order valence-corrected chi connectivity index (χ1v) is 5.26. The maximum atomic E-state index is 11.5. The van der Waals surface area contributed by atoms with Gasteiger partial charge in [-0.25, -0.2) is 0 Å². The Hall–Kier alpha value is -0.510. The Bertz CT molecular complexity index is 227. The van der Waals surface area contributed by atoms with Gasteiger partial charge in [0, 0.05) is 16.9 Å². The Morgan fingerprint density at radius 2 is 2.15 bits per heavy atom. The second-order valence-electron chi connectivity index (χ2n) is 3.32. The lowest BCUT2D eigenvalue weighted by atomic mass is 9.96. The van der Waals surface area contributed by atoms with Gasteiger partial charge in [-0.15, -0.1) is 0 Å². The van der Waals surface area contributed by atoms with E-state index in [1.807, 2.05) is 13.8 Å². The Morgan fingerprint density at radius 3 is 2.62 bits per heavy atom. The molecule has 1 fully saturated rings. The number of Topliss-reactive ketones (excluding diaryl/α,β-unsaturated/α-hetero) is 1. The van der Waals surface area contributed by atoms with E-state index in [1.54, 1.807) is 11.8 Å². The van der Waals surface area contributed by atoms with Crippen LogP contribution in [0.4, 0.5) is 0 Å². The highest BCUT2D eigenvalue weighted by Crippen LogP contribution is 2.33. The van der Waals surface area contributed by atoms with E-state index in [9.17, 15) is 9.59 Å². The van der Waals surface area contributed by atoms with E-state index >= 15 is 0 Å². The number of ketones is 1. The number of ether oxygens (including phenoxy) is 1. The zero-order chi connectivity index (χ0) is 10.0. The minimum atomic E-state index is -0.550. The maximum Gasteiger partial charge on any atom is 0.317 e. The van der Waals surface area contributed by atoms with Crippen molar-refractivity contribution in [1.82, 2.24) is 0 Å². The van der Waals surface area contributed by atoms with Crippen LogP contribution in [0.3, 0.4) is 0 Å². The van der Waals surface area contributed by atoms with Crippen molar-refractivity contribution in [2.24, 2.45) is 5.92 Å². The minimum Gasteiger partial charge on any atom is -0.468 e. The molecule has 0 aromatic rings. The summed E-state index contributed by atoms with van der Waals surface area (Å²) in [6.45, 7) is 3.91. The molecule has 4 heteroatoms. The van der Waals surface area contributed by atoms with Gasteiger partial charge in [0.2, 0.25) is 0 Å². The minimum absolute atomic E-state index is 0.0191. The van der Waals surface area contributed by atoms with Gasteiger partial charge in [-0.3, -0.25) is 9.59 Å². The molecule has 0 unspecified atom stereocenters. The number of hydrogen-bond donors (Lipinski definition) is 0. The van der Waals surface area contributed by atoms with Crippen LogP contribution in [0.15, 0.2) is 0 Å². The topological polar surface area (TPSA) is 43.4 Å². The number of thioether (sulfide) groups is 1. The van der Waals surface area contributed by atoms with Crippen molar-refractivity contribution in [2.75, 3.05) is 7.11 Å². The third kappa shape index (κ3) is 2.24. The Balaban J connectivity index is 2.72. The van der Waals surface area contributed by atoms with Gasteiger partial charge in [0.25, 0.3) is 0 Å². The van der Waals surface area contributed by atoms with Crippen LogP contribution in [0.1, 0.15) is 20.3 Å². The second kappa shape index (κ2) is 4.13.